The lowest BCUT2D eigenvalue weighted by atomic mass is 9.44. The minimum absolute atomic E-state index is 0.00706. The van der Waals surface area contributed by atoms with Gasteiger partial charge in [-0.25, -0.2) is 0 Å². The van der Waals surface area contributed by atoms with Gasteiger partial charge in [0.25, 0.3) is 0 Å². The Bertz CT molecular complexity index is 726. The number of hydrogen-bond acceptors (Lipinski definition) is 4. The van der Waals surface area contributed by atoms with Crippen LogP contribution in [0.3, 0.4) is 0 Å². The van der Waals surface area contributed by atoms with Crippen LogP contribution in [-0.4, -0.2) is 27.6 Å². The van der Waals surface area contributed by atoms with Crippen molar-refractivity contribution >= 4 is 0 Å². The van der Waals surface area contributed by atoms with Crippen molar-refractivity contribution in [3.8, 4) is 0 Å². The maximum atomic E-state index is 11.1. The number of aliphatic hydroxyl groups is 2. The van der Waals surface area contributed by atoms with Crippen molar-refractivity contribution in [1.82, 2.24) is 5.16 Å². The summed E-state index contributed by atoms with van der Waals surface area (Å²) in [5.41, 5.74) is 3.68. The van der Waals surface area contributed by atoms with E-state index in [2.05, 4.69) is 25.6 Å². The van der Waals surface area contributed by atoms with Crippen molar-refractivity contribution in [3.05, 3.63) is 29.7 Å². The first-order valence-electron chi connectivity index (χ1n) is 9.83. The lowest BCUT2D eigenvalue weighted by Crippen LogP contribution is -2.64. The number of allylic oxidation sites excluding steroid dienone is 1. The lowest BCUT2D eigenvalue weighted by Gasteiger charge is -2.62. The third-order valence-electron chi connectivity index (χ3n) is 8.85. The quantitative estimate of drug-likeness (QED) is 0.710. The SMILES string of the molecule is C=C1CC[C@H]2[C@@H]3[C@@H](O)[C@H](O)[C@H]4Cc5nocc5C[C@]4(C)[C@H]3CC[C@]12C. The van der Waals surface area contributed by atoms with E-state index in [0.29, 0.717) is 11.8 Å². The second-order valence-electron chi connectivity index (χ2n) is 9.65. The fourth-order valence-corrected chi connectivity index (χ4v) is 7.31. The van der Waals surface area contributed by atoms with E-state index in [1.165, 1.54) is 17.6 Å². The van der Waals surface area contributed by atoms with Crippen molar-refractivity contribution in [1.29, 1.82) is 0 Å². The first kappa shape index (κ1) is 16.1. The molecule has 0 spiro atoms. The van der Waals surface area contributed by atoms with Gasteiger partial charge in [-0.05, 0) is 73.0 Å². The van der Waals surface area contributed by atoms with Gasteiger partial charge in [-0.3, -0.25) is 0 Å². The fourth-order valence-electron chi connectivity index (χ4n) is 7.31. The first-order valence-corrected chi connectivity index (χ1v) is 9.83. The molecule has 3 fully saturated rings. The number of hydrogen-bond donors (Lipinski definition) is 2. The molecule has 8 atom stereocenters. The summed E-state index contributed by atoms with van der Waals surface area (Å²) in [4.78, 5) is 0. The summed E-state index contributed by atoms with van der Waals surface area (Å²) in [7, 11) is 0. The Morgan fingerprint density at radius 3 is 2.76 bits per heavy atom. The van der Waals surface area contributed by atoms with E-state index in [1.807, 2.05) is 0 Å². The molecule has 0 bridgehead atoms. The van der Waals surface area contributed by atoms with Crippen molar-refractivity contribution in [2.24, 2.45) is 34.5 Å². The van der Waals surface area contributed by atoms with Crippen molar-refractivity contribution in [2.75, 3.05) is 0 Å². The van der Waals surface area contributed by atoms with Crippen LogP contribution in [-0.2, 0) is 12.8 Å². The molecule has 4 aliphatic carbocycles. The van der Waals surface area contributed by atoms with Crippen molar-refractivity contribution in [3.63, 3.8) is 0 Å². The predicted octanol–water partition coefficient (Wildman–Crippen LogP) is 3.13. The molecule has 4 heteroatoms. The molecule has 1 heterocycles. The van der Waals surface area contributed by atoms with E-state index in [-0.39, 0.29) is 22.7 Å². The highest BCUT2D eigenvalue weighted by Gasteiger charge is 2.64. The van der Waals surface area contributed by atoms with Gasteiger partial charge in [0, 0.05) is 5.56 Å². The van der Waals surface area contributed by atoms with Gasteiger partial charge in [0.2, 0.25) is 0 Å². The van der Waals surface area contributed by atoms with E-state index in [4.69, 9.17) is 4.52 Å². The minimum atomic E-state index is -0.674. The normalized spacial score (nSPS) is 51.4. The zero-order valence-electron chi connectivity index (χ0n) is 15.2. The summed E-state index contributed by atoms with van der Waals surface area (Å²) in [6.07, 6.45) is 6.58. The van der Waals surface area contributed by atoms with Gasteiger partial charge in [0.15, 0.2) is 0 Å². The van der Waals surface area contributed by atoms with Crippen LogP contribution < -0.4 is 0 Å². The largest absolute Gasteiger partial charge is 0.390 e. The second kappa shape index (κ2) is 4.98. The summed E-state index contributed by atoms with van der Waals surface area (Å²) in [6.45, 7) is 9.03. The Hall–Kier alpha value is -1.13. The van der Waals surface area contributed by atoms with Gasteiger partial charge in [-0.2, -0.15) is 0 Å². The van der Waals surface area contributed by atoms with Crippen LogP contribution >= 0.6 is 0 Å². The zero-order valence-corrected chi connectivity index (χ0v) is 15.2. The maximum absolute atomic E-state index is 11.1. The van der Waals surface area contributed by atoms with Gasteiger partial charge < -0.3 is 14.7 Å². The van der Waals surface area contributed by atoms with E-state index < -0.39 is 12.2 Å². The molecule has 1 aromatic rings. The van der Waals surface area contributed by atoms with Crippen LogP contribution in [0.15, 0.2) is 22.9 Å². The molecule has 1 aromatic heterocycles. The molecule has 2 N–H and O–H groups in total. The molecular formula is C21H29NO3. The van der Waals surface area contributed by atoms with Gasteiger partial charge >= 0.3 is 0 Å². The molecule has 0 unspecified atom stereocenters. The standard InChI is InChI=1S/C21H29NO3/c1-11-4-5-13-17-14(6-7-20(11,13)2)21(3)9-12-10-25-22-16(12)8-15(21)18(23)19(17)24/h10,13-15,17-19,23-24H,1,4-9H2,2-3H3/t13-,14-,15+,17-,18+,19+,20+,21+/m0/s1. The molecule has 0 saturated heterocycles. The summed E-state index contributed by atoms with van der Waals surface area (Å²) >= 11 is 0. The molecule has 5 rings (SSSR count). The number of aromatic nitrogens is 1. The molecule has 0 aliphatic heterocycles. The highest BCUT2D eigenvalue weighted by molar-refractivity contribution is 5.28. The fraction of sp³-hybridized carbons (Fsp3) is 0.762. The third-order valence-corrected chi connectivity index (χ3v) is 8.85. The Kier molecular flexibility index (Phi) is 3.20. The molecule has 4 nitrogen and oxygen atoms in total. The summed E-state index contributed by atoms with van der Waals surface area (Å²) in [5.74, 6) is 1.14. The smallest absolute Gasteiger partial charge is 0.127 e. The van der Waals surface area contributed by atoms with Gasteiger partial charge in [-0.15, -0.1) is 0 Å². The number of rotatable bonds is 0. The Balaban J connectivity index is 1.59. The predicted molar refractivity (Wildman–Crippen MR) is 93.7 cm³/mol. The number of nitrogens with zero attached hydrogens (tertiary/aromatic N) is 1. The van der Waals surface area contributed by atoms with Crippen molar-refractivity contribution in [2.45, 2.75) is 64.6 Å². The molecule has 0 amide bonds. The molecule has 3 saturated carbocycles. The highest BCUT2D eigenvalue weighted by Crippen LogP contribution is 2.66. The Morgan fingerprint density at radius 1 is 1.16 bits per heavy atom. The van der Waals surface area contributed by atoms with E-state index in [1.54, 1.807) is 6.26 Å². The van der Waals surface area contributed by atoms with Gasteiger partial charge in [0.05, 0.1) is 17.9 Å². The minimum Gasteiger partial charge on any atom is -0.390 e. The maximum Gasteiger partial charge on any atom is 0.127 e. The Morgan fingerprint density at radius 2 is 1.96 bits per heavy atom. The first-order chi connectivity index (χ1) is 11.9. The lowest BCUT2D eigenvalue weighted by molar-refractivity contribution is -0.201. The highest BCUT2D eigenvalue weighted by atomic mass is 16.5. The molecule has 25 heavy (non-hydrogen) atoms. The molecule has 0 radical (unpaired) electrons. The number of fused-ring (bicyclic) bond motifs is 6. The number of aliphatic hydroxyl groups excluding tert-OH is 2. The topological polar surface area (TPSA) is 66.5 Å². The molecule has 4 aliphatic rings. The monoisotopic (exact) mass is 343 g/mol. The van der Waals surface area contributed by atoms with Crippen LogP contribution in [0.5, 0.6) is 0 Å². The Labute approximate surface area is 149 Å². The van der Waals surface area contributed by atoms with Crippen LogP contribution in [0.25, 0.3) is 0 Å². The average Bonchev–Trinajstić information content (AvgIpc) is 3.15. The molecule has 0 aromatic carbocycles. The second-order valence-corrected chi connectivity index (χ2v) is 9.65. The van der Waals surface area contributed by atoms with Gasteiger partial charge in [0.1, 0.15) is 6.26 Å². The zero-order chi connectivity index (χ0) is 17.6. The van der Waals surface area contributed by atoms with Crippen LogP contribution in [0, 0.1) is 34.5 Å². The van der Waals surface area contributed by atoms with Gasteiger partial charge in [-0.1, -0.05) is 31.2 Å². The average molecular weight is 343 g/mol. The van der Waals surface area contributed by atoms with Crippen molar-refractivity contribution < 1.29 is 14.7 Å². The van der Waals surface area contributed by atoms with Crippen LogP contribution in [0.2, 0.25) is 0 Å². The summed E-state index contributed by atoms with van der Waals surface area (Å²) < 4.78 is 5.21. The summed E-state index contributed by atoms with van der Waals surface area (Å²) in [6, 6.07) is 0. The van der Waals surface area contributed by atoms with Crippen LogP contribution in [0.4, 0.5) is 0 Å². The third kappa shape index (κ3) is 1.88. The molecular weight excluding hydrogens is 314 g/mol. The van der Waals surface area contributed by atoms with E-state index in [0.717, 1.165) is 37.8 Å². The van der Waals surface area contributed by atoms with E-state index >= 15 is 0 Å². The molecule has 136 valence electrons. The van der Waals surface area contributed by atoms with E-state index in [9.17, 15) is 10.2 Å². The summed E-state index contributed by atoms with van der Waals surface area (Å²) in [5, 5.41) is 26.4. The van der Waals surface area contributed by atoms with Crippen LogP contribution in [0.1, 0.15) is 50.8 Å².